The fraction of sp³-hybridized carbons (Fsp3) is 0.375. The minimum atomic E-state index is -0.537. The molecule has 1 aliphatic carbocycles. The van der Waals surface area contributed by atoms with Gasteiger partial charge in [-0.25, -0.2) is 8.78 Å². The molecule has 0 saturated heterocycles. The topological polar surface area (TPSA) is 30.9 Å². The molecule has 0 fully saturated rings. The monoisotopic (exact) mass is 276 g/mol. The molecule has 3 rings (SSSR count). The average molecular weight is 276 g/mol. The van der Waals surface area contributed by atoms with Crippen molar-refractivity contribution in [1.29, 1.82) is 0 Å². The maximum atomic E-state index is 13.2. The molecular formula is C16H18F2N2. The summed E-state index contributed by atoms with van der Waals surface area (Å²) in [6.45, 7) is 0.467. The fourth-order valence-corrected chi connectivity index (χ4v) is 2.96. The van der Waals surface area contributed by atoms with Crippen LogP contribution in [0.3, 0.4) is 0 Å². The summed E-state index contributed by atoms with van der Waals surface area (Å²) in [5, 5.41) is 0. The van der Waals surface area contributed by atoms with Gasteiger partial charge in [0.2, 0.25) is 0 Å². The Hall–Kier alpha value is -1.68. The van der Waals surface area contributed by atoms with Crippen molar-refractivity contribution < 1.29 is 8.78 Å². The van der Waals surface area contributed by atoms with E-state index in [1.54, 1.807) is 0 Å². The molecular weight excluding hydrogens is 258 g/mol. The quantitative estimate of drug-likeness (QED) is 0.836. The highest BCUT2D eigenvalue weighted by molar-refractivity contribution is 5.30. The van der Waals surface area contributed by atoms with Crippen LogP contribution in [0.4, 0.5) is 8.78 Å². The van der Waals surface area contributed by atoms with E-state index in [0.717, 1.165) is 31.7 Å². The summed E-state index contributed by atoms with van der Waals surface area (Å²) >= 11 is 0. The molecule has 2 aromatic rings. The zero-order valence-electron chi connectivity index (χ0n) is 11.3. The summed E-state index contributed by atoms with van der Waals surface area (Å²) in [6.07, 6.45) is 8.43. The van der Waals surface area contributed by atoms with Crippen molar-refractivity contribution >= 4 is 0 Å². The van der Waals surface area contributed by atoms with E-state index in [1.807, 2.05) is 10.8 Å². The van der Waals surface area contributed by atoms with Crippen LogP contribution in [0.25, 0.3) is 0 Å². The molecule has 20 heavy (non-hydrogen) atoms. The van der Waals surface area contributed by atoms with Crippen LogP contribution in [0.5, 0.6) is 0 Å². The largest absolute Gasteiger partial charge is 0.349 e. The standard InChI is InChI=1S/C16H18F2N2/c17-13-5-11(6-14(18)7-13)8-20-9-12-3-1-2-4-16(19)15(12)10-20/h5-7,9-10,16H,1-4,8,19H2. The third kappa shape index (κ3) is 2.75. The third-order valence-electron chi connectivity index (χ3n) is 3.90. The van der Waals surface area contributed by atoms with Gasteiger partial charge in [-0.2, -0.15) is 0 Å². The van der Waals surface area contributed by atoms with Crippen molar-refractivity contribution in [2.45, 2.75) is 38.3 Å². The first-order valence-electron chi connectivity index (χ1n) is 7.01. The SMILES string of the molecule is NC1CCCCc2cn(Cc3cc(F)cc(F)c3)cc21. The Balaban J connectivity index is 1.86. The molecule has 0 bridgehead atoms. The number of aromatic nitrogens is 1. The number of fused-ring (bicyclic) bond motifs is 1. The first-order chi connectivity index (χ1) is 9.61. The van der Waals surface area contributed by atoms with Crippen LogP contribution in [0.2, 0.25) is 0 Å². The molecule has 1 atom stereocenters. The van der Waals surface area contributed by atoms with Gasteiger partial charge in [0.15, 0.2) is 0 Å². The minimum Gasteiger partial charge on any atom is -0.349 e. The lowest BCUT2D eigenvalue weighted by atomic mass is 10.1. The van der Waals surface area contributed by atoms with Crippen molar-refractivity contribution in [3.05, 3.63) is 58.9 Å². The Kier molecular flexibility index (Phi) is 3.57. The molecule has 106 valence electrons. The number of nitrogens with two attached hydrogens (primary N) is 1. The smallest absolute Gasteiger partial charge is 0.126 e. The second-order valence-corrected chi connectivity index (χ2v) is 5.54. The molecule has 1 aliphatic rings. The second-order valence-electron chi connectivity index (χ2n) is 5.54. The lowest BCUT2D eigenvalue weighted by Crippen LogP contribution is -2.09. The number of hydrogen-bond donors (Lipinski definition) is 1. The Morgan fingerprint density at radius 1 is 1.10 bits per heavy atom. The van der Waals surface area contributed by atoms with Crippen molar-refractivity contribution in [3.8, 4) is 0 Å². The first kappa shape index (κ1) is 13.3. The van der Waals surface area contributed by atoms with Gasteiger partial charge in [0, 0.05) is 31.0 Å². The molecule has 1 aromatic heterocycles. The van der Waals surface area contributed by atoms with Crippen LogP contribution >= 0.6 is 0 Å². The van der Waals surface area contributed by atoms with Gasteiger partial charge in [0.25, 0.3) is 0 Å². The number of aryl methyl sites for hydroxylation is 1. The van der Waals surface area contributed by atoms with E-state index in [2.05, 4.69) is 6.20 Å². The van der Waals surface area contributed by atoms with Gasteiger partial charge in [-0.3, -0.25) is 0 Å². The van der Waals surface area contributed by atoms with Crippen LogP contribution in [0, 0.1) is 11.6 Å². The molecule has 0 amide bonds. The summed E-state index contributed by atoms with van der Waals surface area (Å²) in [5.41, 5.74) is 9.24. The zero-order chi connectivity index (χ0) is 14.1. The molecule has 1 unspecified atom stereocenters. The van der Waals surface area contributed by atoms with Crippen molar-refractivity contribution in [1.82, 2.24) is 4.57 Å². The fourth-order valence-electron chi connectivity index (χ4n) is 2.96. The van der Waals surface area contributed by atoms with Gasteiger partial charge in [0.05, 0.1) is 0 Å². The highest BCUT2D eigenvalue weighted by Crippen LogP contribution is 2.28. The number of hydrogen-bond acceptors (Lipinski definition) is 1. The van der Waals surface area contributed by atoms with E-state index in [1.165, 1.54) is 23.3 Å². The van der Waals surface area contributed by atoms with Crippen LogP contribution in [-0.4, -0.2) is 4.57 Å². The van der Waals surface area contributed by atoms with Crippen LogP contribution in [0.15, 0.2) is 30.6 Å². The number of rotatable bonds is 2. The number of nitrogens with zero attached hydrogens (tertiary/aromatic N) is 1. The molecule has 4 heteroatoms. The zero-order valence-corrected chi connectivity index (χ0v) is 11.3. The van der Waals surface area contributed by atoms with Crippen molar-refractivity contribution in [2.24, 2.45) is 5.73 Å². The molecule has 2 nitrogen and oxygen atoms in total. The molecule has 2 N–H and O–H groups in total. The normalized spacial score (nSPS) is 18.6. The third-order valence-corrected chi connectivity index (χ3v) is 3.90. The van der Waals surface area contributed by atoms with Crippen LogP contribution < -0.4 is 5.73 Å². The predicted octanol–water partition coefficient (Wildman–Crippen LogP) is 3.54. The van der Waals surface area contributed by atoms with E-state index >= 15 is 0 Å². The molecule has 0 saturated carbocycles. The molecule has 0 spiro atoms. The average Bonchev–Trinajstić information content (AvgIpc) is 2.68. The summed E-state index contributed by atoms with van der Waals surface area (Å²) < 4.78 is 28.4. The van der Waals surface area contributed by atoms with Gasteiger partial charge in [-0.1, -0.05) is 6.42 Å². The summed E-state index contributed by atoms with van der Waals surface area (Å²) in [5.74, 6) is -1.07. The van der Waals surface area contributed by atoms with Crippen molar-refractivity contribution in [2.75, 3.05) is 0 Å². The Morgan fingerprint density at radius 2 is 1.85 bits per heavy atom. The number of halogens is 2. The van der Waals surface area contributed by atoms with Gasteiger partial charge in [-0.15, -0.1) is 0 Å². The summed E-state index contributed by atoms with van der Waals surface area (Å²) in [4.78, 5) is 0. The predicted molar refractivity (Wildman–Crippen MR) is 74.4 cm³/mol. The lowest BCUT2D eigenvalue weighted by Gasteiger charge is -2.08. The summed E-state index contributed by atoms with van der Waals surface area (Å²) in [7, 11) is 0. The molecule has 1 heterocycles. The first-order valence-corrected chi connectivity index (χ1v) is 7.01. The number of benzene rings is 1. The van der Waals surface area contributed by atoms with Gasteiger partial charge in [0.1, 0.15) is 11.6 Å². The van der Waals surface area contributed by atoms with Crippen LogP contribution in [0.1, 0.15) is 42.0 Å². The molecule has 1 aromatic carbocycles. The highest BCUT2D eigenvalue weighted by Gasteiger charge is 2.17. The second kappa shape index (κ2) is 5.37. The van der Waals surface area contributed by atoms with E-state index in [0.29, 0.717) is 12.1 Å². The Morgan fingerprint density at radius 3 is 2.60 bits per heavy atom. The maximum Gasteiger partial charge on any atom is 0.126 e. The van der Waals surface area contributed by atoms with Crippen molar-refractivity contribution in [3.63, 3.8) is 0 Å². The Labute approximate surface area is 117 Å². The van der Waals surface area contributed by atoms with Gasteiger partial charge < -0.3 is 10.3 Å². The molecule has 0 aliphatic heterocycles. The Bertz CT molecular complexity index is 599. The van der Waals surface area contributed by atoms with Gasteiger partial charge in [-0.05, 0) is 48.1 Å². The van der Waals surface area contributed by atoms with E-state index in [4.69, 9.17) is 5.73 Å². The summed E-state index contributed by atoms with van der Waals surface area (Å²) in [6, 6.07) is 3.71. The van der Waals surface area contributed by atoms with E-state index in [9.17, 15) is 8.78 Å². The maximum absolute atomic E-state index is 13.2. The van der Waals surface area contributed by atoms with E-state index < -0.39 is 11.6 Å². The highest BCUT2D eigenvalue weighted by atomic mass is 19.1. The van der Waals surface area contributed by atoms with E-state index in [-0.39, 0.29) is 6.04 Å². The lowest BCUT2D eigenvalue weighted by molar-refractivity contribution is 0.577. The van der Waals surface area contributed by atoms with Gasteiger partial charge >= 0.3 is 0 Å². The minimum absolute atomic E-state index is 0.0815. The molecule has 0 radical (unpaired) electrons. The van der Waals surface area contributed by atoms with Crippen LogP contribution in [-0.2, 0) is 13.0 Å².